The summed E-state index contributed by atoms with van der Waals surface area (Å²) in [5.74, 6) is 0. The minimum Gasteiger partial charge on any atom is -0.264 e. The van der Waals surface area contributed by atoms with E-state index in [1.165, 1.54) is 4.31 Å². The lowest BCUT2D eigenvalue weighted by Crippen LogP contribution is -2.26. The summed E-state index contributed by atoms with van der Waals surface area (Å²) in [6, 6.07) is 10.2. The van der Waals surface area contributed by atoms with Gasteiger partial charge in [-0.2, -0.15) is 4.31 Å². The first-order valence-corrected chi connectivity index (χ1v) is 7.84. The van der Waals surface area contributed by atoms with E-state index < -0.39 is 10.0 Å². The topological polar surface area (TPSA) is 50.3 Å². The Labute approximate surface area is 121 Å². The first-order chi connectivity index (χ1) is 9.00. The van der Waals surface area contributed by atoms with Crippen molar-refractivity contribution in [2.24, 2.45) is 0 Å². The molecule has 0 N–H and O–H groups in total. The van der Waals surface area contributed by atoms with Crippen molar-refractivity contribution in [1.29, 1.82) is 0 Å². The van der Waals surface area contributed by atoms with Gasteiger partial charge in [-0.25, -0.2) is 8.42 Å². The summed E-state index contributed by atoms with van der Waals surface area (Å²) in [5, 5.41) is 0. The van der Waals surface area contributed by atoms with Gasteiger partial charge in [0.1, 0.15) is 0 Å². The molecule has 4 nitrogen and oxygen atoms in total. The van der Waals surface area contributed by atoms with Crippen molar-refractivity contribution in [3.8, 4) is 0 Å². The first kappa shape index (κ1) is 14.2. The zero-order chi connectivity index (χ0) is 13.9. The third-order valence-corrected chi connectivity index (χ3v) is 5.00. The third-order valence-electron chi connectivity index (χ3n) is 2.65. The van der Waals surface area contributed by atoms with Gasteiger partial charge in [-0.1, -0.05) is 22.0 Å². The molecule has 0 spiro atoms. The lowest BCUT2D eigenvalue weighted by Gasteiger charge is -2.17. The van der Waals surface area contributed by atoms with E-state index in [2.05, 4.69) is 20.9 Å². The highest BCUT2D eigenvalue weighted by atomic mass is 79.9. The molecule has 100 valence electrons. The van der Waals surface area contributed by atoms with Crippen LogP contribution in [0.25, 0.3) is 0 Å². The predicted octanol–water partition coefficient (Wildman–Crippen LogP) is 2.66. The average molecular weight is 341 g/mol. The molecule has 2 rings (SSSR count). The summed E-state index contributed by atoms with van der Waals surface area (Å²) in [6.45, 7) is 0.298. The predicted molar refractivity (Wildman–Crippen MR) is 77.0 cm³/mol. The Bertz CT molecular complexity index is 642. The summed E-state index contributed by atoms with van der Waals surface area (Å²) >= 11 is 3.29. The lowest BCUT2D eigenvalue weighted by molar-refractivity contribution is 0.466. The van der Waals surface area contributed by atoms with Gasteiger partial charge in [-0.05, 0) is 35.9 Å². The number of hydrogen-bond acceptors (Lipinski definition) is 3. The molecule has 0 amide bonds. The maximum Gasteiger partial charge on any atom is 0.243 e. The molecule has 0 aliphatic rings. The van der Waals surface area contributed by atoms with Gasteiger partial charge in [0, 0.05) is 30.5 Å². The summed E-state index contributed by atoms with van der Waals surface area (Å²) in [5.41, 5.74) is 0.852. The number of benzene rings is 1. The molecule has 1 heterocycles. The van der Waals surface area contributed by atoms with Gasteiger partial charge >= 0.3 is 0 Å². The van der Waals surface area contributed by atoms with E-state index in [0.29, 0.717) is 6.54 Å². The van der Waals surface area contributed by atoms with E-state index in [9.17, 15) is 8.42 Å². The van der Waals surface area contributed by atoms with Crippen molar-refractivity contribution in [1.82, 2.24) is 9.29 Å². The number of sulfonamides is 1. The molecular weight excluding hydrogens is 328 g/mol. The second kappa shape index (κ2) is 5.81. The molecule has 0 saturated heterocycles. The maximum atomic E-state index is 12.3. The molecule has 1 aromatic heterocycles. The molecule has 0 aliphatic heterocycles. The number of hydrogen-bond donors (Lipinski definition) is 0. The third kappa shape index (κ3) is 3.40. The molecule has 0 radical (unpaired) electrons. The van der Waals surface area contributed by atoms with Crippen molar-refractivity contribution >= 4 is 26.0 Å². The van der Waals surface area contributed by atoms with Crippen molar-refractivity contribution in [2.45, 2.75) is 11.4 Å². The lowest BCUT2D eigenvalue weighted by atomic mass is 10.3. The van der Waals surface area contributed by atoms with Gasteiger partial charge in [-0.15, -0.1) is 0 Å². The van der Waals surface area contributed by atoms with Gasteiger partial charge in [-0.3, -0.25) is 4.98 Å². The monoisotopic (exact) mass is 340 g/mol. The largest absolute Gasteiger partial charge is 0.264 e. The SMILES string of the molecule is CN(Cc1cccnc1)S(=O)(=O)c1ccc(Br)cc1. The van der Waals surface area contributed by atoms with Crippen LogP contribution in [0.4, 0.5) is 0 Å². The van der Waals surface area contributed by atoms with Crippen LogP contribution in [0.2, 0.25) is 0 Å². The molecule has 1 aromatic carbocycles. The van der Waals surface area contributed by atoms with Crippen molar-refractivity contribution in [2.75, 3.05) is 7.05 Å². The van der Waals surface area contributed by atoms with Crippen LogP contribution in [0.15, 0.2) is 58.2 Å². The van der Waals surface area contributed by atoms with Gasteiger partial charge in [0.05, 0.1) is 4.90 Å². The minimum absolute atomic E-state index is 0.280. The molecule has 0 atom stereocenters. The Morgan fingerprint density at radius 3 is 2.47 bits per heavy atom. The molecule has 0 unspecified atom stereocenters. The standard InChI is InChI=1S/C13H13BrN2O2S/c1-16(10-11-3-2-8-15-9-11)19(17,18)13-6-4-12(14)5-7-13/h2-9H,10H2,1H3. The molecule has 2 aromatic rings. The maximum absolute atomic E-state index is 12.3. The summed E-state index contributed by atoms with van der Waals surface area (Å²) in [4.78, 5) is 4.26. The van der Waals surface area contributed by atoms with Crippen molar-refractivity contribution in [3.63, 3.8) is 0 Å². The smallest absolute Gasteiger partial charge is 0.243 e. The highest BCUT2D eigenvalue weighted by molar-refractivity contribution is 9.10. The van der Waals surface area contributed by atoms with Gasteiger partial charge in [0.15, 0.2) is 0 Å². The molecule has 0 bridgehead atoms. The summed E-state index contributed by atoms with van der Waals surface area (Å²) in [7, 11) is -1.91. The summed E-state index contributed by atoms with van der Waals surface area (Å²) in [6.07, 6.45) is 3.32. The first-order valence-electron chi connectivity index (χ1n) is 5.61. The van der Waals surface area contributed by atoms with Crippen LogP contribution < -0.4 is 0 Å². The van der Waals surface area contributed by atoms with Crippen LogP contribution >= 0.6 is 15.9 Å². The van der Waals surface area contributed by atoms with Crippen molar-refractivity contribution < 1.29 is 8.42 Å². The van der Waals surface area contributed by atoms with E-state index in [1.807, 2.05) is 6.07 Å². The van der Waals surface area contributed by atoms with Gasteiger partial charge < -0.3 is 0 Å². The number of halogens is 1. The van der Waals surface area contributed by atoms with Crippen LogP contribution in [0, 0.1) is 0 Å². The zero-order valence-corrected chi connectivity index (χ0v) is 12.7. The highest BCUT2D eigenvalue weighted by Gasteiger charge is 2.20. The van der Waals surface area contributed by atoms with E-state index in [4.69, 9.17) is 0 Å². The van der Waals surface area contributed by atoms with E-state index >= 15 is 0 Å². The Morgan fingerprint density at radius 1 is 1.21 bits per heavy atom. The Kier molecular flexibility index (Phi) is 4.34. The van der Waals surface area contributed by atoms with E-state index in [1.54, 1.807) is 49.8 Å². The van der Waals surface area contributed by atoms with Crippen molar-refractivity contribution in [3.05, 3.63) is 58.8 Å². The van der Waals surface area contributed by atoms with E-state index in [0.717, 1.165) is 10.0 Å². The molecule has 0 fully saturated rings. The molecule has 0 saturated carbocycles. The second-order valence-electron chi connectivity index (χ2n) is 4.08. The van der Waals surface area contributed by atoms with Crippen LogP contribution in [0.5, 0.6) is 0 Å². The molecule has 19 heavy (non-hydrogen) atoms. The van der Waals surface area contributed by atoms with Crippen LogP contribution in [0.3, 0.4) is 0 Å². The Morgan fingerprint density at radius 2 is 1.89 bits per heavy atom. The van der Waals surface area contributed by atoms with Gasteiger partial charge in [0.2, 0.25) is 10.0 Å². The van der Waals surface area contributed by atoms with Crippen LogP contribution in [0.1, 0.15) is 5.56 Å². The average Bonchev–Trinajstić information content (AvgIpc) is 2.40. The van der Waals surface area contributed by atoms with Gasteiger partial charge in [0.25, 0.3) is 0 Å². The quantitative estimate of drug-likeness (QED) is 0.859. The second-order valence-corrected chi connectivity index (χ2v) is 7.04. The number of nitrogens with zero attached hydrogens (tertiary/aromatic N) is 2. The minimum atomic E-state index is -3.47. The fraction of sp³-hybridized carbons (Fsp3) is 0.154. The Hall–Kier alpha value is -1.24. The normalized spacial score (nSPS) is 11.7. The fourth-order valence-corrected chi connectivity index (χ4v) is 3.04. The molecule has 0 aliphatic carbocycles. The number of rotatable bonds is 4. The number of aromatic nitrogens is 1. The van der Waals surface area contributed by atoms with Crippen LogP contribution in [-0.2, 0) is 16.6 Å². The van der Waals surface area contributed by atoms with Crippen LogP contribution in [-0.4, -0.2) is 24.8 Å². The highest BCUT2D eigenvalue weighted by Crippen LogP contribution is 2.19. The Balaban J connectivity index is 2.22. The zero-order valence-electron chi connectivity index (χ0n) is 10.3. The fourth-order valence-electron chi connectivity index (χ4n) is 1.62. The molecular formula is C13H13BrN2O2S. The molecule has 6 heteroatoms. The van der Waals surface area contributed by atoms with E-state index in [-0.39, 0.29) is 4.90 Å². The number of pyridine rings is 1. The summed E-state index contributed by atoms with van der Waals surface area (Å²) < 4.78 is 26.8.